The summed E-state index contributed by atoms with van der Waals surface area (Å²) >= 11 is 7.58. The van der Waals surface area contributed by atoms with E-state index >= 15 is 0 Å². The number of piperazine rings is 1. The van der Waals surface area contributed by atoms with Crippen LogP contribution in [0.5, 0.6) is 0 Å². The normalized spacial score (nSPS) is 14.8. The van der Waals surface area contributed by atoms with Gasteiger partial charge in [0.1, 0.15) is 0 Å². The van der Waals surface area contributed by atoms with Crippen molar-refractivity contribution in [3.05, 3.63) is 76.5 Å². The van der Waals surface area contributed by atoms with Crippen LogP contribution < -0.4 is 0 Å². The fraction of sp³-hybridized carbons (Fsp3) is 0.208. The fourth-order valence-electron chi connectivity index (χ4n) is 4.21. The Kier molecular flexibility index (Phi) is 5.88. The summed E-state index contributed by atoms with van der Waals surface area (Å²) in [6, 6.07) is 15.7. The van der Waals surface area contributed by atoms with Gasteiger partial charge in [0.2, 0.25) is 5.91 Å². The van der Waals surface area contributed by atoms with Gasteiger partial charge in [-0.25, -0.2) is 9.36 Å². The molecule has 1 aliphatic heterocycles. The van der Waals surface area contributed by atoms with Gasteiger partial charge in [-0.2, -0.15) is 0 Å². The lowest BCUT2D eigenvalue weighted by Gasteiger charge is -2.34. The highest BCUT2D eigenvalue weighted by Gasteiger charge is 2.26. The number of hydrogen-bond acceptors (Lipinski definition) is 5. The number of benzene rings is 1. The third kappa shape index (κ3) is 4.50. The van der Waals surface area contributed by atoms with Gasteiger partial charge in [-0.15, -0.1) is 11.3 Å². The SMILES string of the molecule is O=C1CN(Cc2ccc(-c3ccc(Cl)s3)cc2)CCN1Cc1cc2cnccc2n1C(=O)O. The maximum absolute atomic E-state index is 12.8. The zero-order chi connectivity index (χ0) is 22.9. The Hall–Kier alpha value is -3.20. The fourth-order valence-corrected chi connectivity index (χ4v) is 5.26. The molecule has 1 N–H and O–H groups in total. The zero-order valence-corrected chi connectivity index (χ0v) is 19.2. The first-order chi connectivity index (χ1) is 16.0. The minimum absolute atomic E-state index is 0.00795. The predicted molar refractivity (Wildman–Crippen MR) is 129 cm³/mol. The standard InChI is InChI=1S/C24H21ClN4O3S/c25-22-6-5-21(33-22)17-3-1-16(2-4-17)13-27-9-10-28(23(30)15-27)14-19-11-18-12-26-8-7-20(18)29(19)24(31)32/h1-8,11-12H,9-10,13-15H2,(H,31,32). The van der Waals surface area contributed by atoms with Crippen molar-refractivity contribution >= 4 is 45.8 Å². The topological polar surface area (TPSA) is 78.7 Å². The van der Waals surface area contributed by atoms with Gasteiger partial charge in [-0.1, -0.05) is 35.9 Å². The molecule has 1 fully saturated rings. The maximum atomic E-state index is 12.8. The van der Waals surface area contributed by atoms with Crippen LogP contribution in [0.3, 0.4) is 0 Å². The van der Waals surface area contributed by atoms with Crippen LogP contribution in [0.1, 0.15) is 11.3 Å². The van der Waals surface area contributed by atoms with E-state index in [4.69, 9.17) is 11.6 Å². The number of carboxylic acid groups (broad SMARTS) is 1. The number of nitrogens with zero attached hydrogens (tertiary/aromatic N) is 4. The third-order valence-electron chi connectivity index (χ3n) is 5.84. The second-order valence-corrected chi connectivity index (χ2v) is 9.73. The summed E-state index contributed by atoms with van der Waals surface area (Å²) in [5.74, 6) is -0.00795. The number of pyridine rings is 1. The lowest BCUT2D eigenvalue weighted by atomic mass is 10.1. The van der Waals surface area contributed by atoms with Crippen LogP contribution in [0, 0.1) is 0 Å². The summed E-state index contributed by atoms with van der Waals surface area (Å²) in [4.78, 5) is 33.7. The summed E-state index contributed by atoms with van der Waals surface area (Å²) in [7, 11) is 0. The number of thiophene rings is 1. The Morgan fingerprint density at radius 3 is 2.61 bits per heavy atom. The Morgan fingerprint density at radius 1 is 1.09 bits per heavy atom. The molecule has 3 aromatic heterocycles. The molecule has 5 rings (SSSR count). The van der Waals surface area contributed by atoms with Crippen LogP contribution in [0.15, 0.2) is 60.9 Å². The quantitative estimate of drug-likeness (QED) is 0.444. The average Bonchev–Trinajstić information content (AvgIpc) is 3.39. The van der Waals surface area contributed by atoms with E-state index in [2.05, 4.69) is 34.1 Å². The number of carbonyl (C=O) groups is 2. The largest absolute Gasteiger partial charge is 0.464 e. The molecule has 1 saturated heterocycles. The van der Waals surface area contributed by atoms with Crippen molar-refractivity contribution in [1.82, 2.24) is 19.4 Å². The number of amides is 1. The first kappa shape index (κ1) is 21.6. The summed E-state index contributed by atoms with van der Waals surface area (Å²) in [5.41, 5.74) is 3.41. The van der Waals surface area contributed by atoms with E-state index < -0.39 is 6.09 Å². The molecule has 0 aliphatic carbocycles. The van der Waals surface area contributed by atoms with E-state index in [1.165, 1.54) is 4.57 Å². The van der Waals surface area contributed by atoms with Crippen LogP contribution in [0.2, 0.25) is 4.34 Å². The van der Waals surface area contributed by atoms with Crippen LogP contribution in [0.4, 0.5) is 4.79 Å². The highest BCUT2D eigenvalue weighted by Crippen LogP contribution is 2.31. The van der Waals surface area contributed by atoms with E-state index in [0.29, 0.717) is 30.8 Å². The van der Waals surface area contributed by atoms with Gasteiger partial charge in [-0.05, 0) is 35.4 Å². The van der Waals surface area contributed by atoms with Crippen molar-refractivity contribution in [2.45, 2.75) is 13.1 Å². The molecule has 0 spiro atoms. The molecule has 33 heavy (non-hydrogen) atoms. The number of hydrogen-bond donors (Lipinski definition) is 1. The van der Waals surface area contributed by atoms with Crippen molar-refractivity contribution in [3.8, 4) is 10.4 Å². The molecule has 168 valence electrons. The van der Waals surface area contributed by atoms with Gasteiger partial charge in [0, 0.05) is 48.0 Å². The Morgan fingerprint density at radius 2 is 1.91 bits per heavy atom. The molecule has 1 aromatic carbocycles. The Bertz CT molecular complexity index is 1330. The van der Waals surface area contributed by atoms with Crippen molar-refractivity contribution in [1.29, 1.82) is 0 Å². The molecule has 0 unspecified atom stereocenters. The number of halogens is 1. The van der Waals surface area contributed by atoms with E-state index in [9.17, 15) is 14.7 Å². The number of fused-ring (bicyclic) bond motifs is 1. The first-order valence-electron chi connectivity index (χ1n) is 10.5. The molecule has 7 nitrogen and oxygen atoms in total. The lowest BCUT2D eigenvalue weighted by molar-refractivity contribution is -0.137. The highest BCUT2D eigenvalue weighted by atomic mass is 35.5. The molecule has 1 amide bonds. The van der Waals surface area contributed by atoms with Crippen molar-refractivity contribution in [3.63, 3.8) is 0 Å². The van der Waals surface area contributed by atoms with Crippen LogP contribution in [-0.2, 0) is 17.9 Å². The number of aromatic nitrogens is 2. The molecular formula is C24H21ClN4O3S. The smallest absolute Gasteiger partial charge is 0.416 e. The van der Waals surface area contributed by atoms with Gasteiger partial charge in [0.15, 0.2) is 0 Å². The van der Waals surface area contributed by atoms with Gasteiger partial charge >= 0.3 is 6.09 Å². The van der Waals surface area contributed by atoms with Gasteiger partial charge in [0.25, 0.3) is 0 Å². The molecule has 4 aromatic rings. The second-order valence-electron chi connectivity index (χ2n) is 8.01. The summed E-state index contributed by atoms with van der Waals surface area (Å²) in [6.45, 7) is 2.52. The van der Waals surface area contributed by atoms with Gasteiger partial charge in [-0.3, -0.25) is 14.7 Å². The van der Waals surface area contributed by atoms with Crippen molar-refractivity contribution in [2.24, 2.45) is 0 Å². The molecule has 0 atom stereocenters. The van der Waals surface area contributed by atoms with Crippen LogP contribution in [-0.4, -0.2) is 56.1 Å². The maximum Gasteiger partial charge on any atom is 0.416 e. The van der Waals surface area contributed by atoms with E-state index in [1.54, 1.807) is 40.8 Å². The summed E-state index contributed by atoms with van der Waals surface area (Å²) in [6.07, 6.45) is 2.14. The zero-order valence-electron chi connectivity index (χ0n) is 17.6. The second kappa shape index (κ2) is 8.97. The summed E-state index contributed by atoms with van der Waals surface area (Å²) < 4.78 is 2.00. The predicted octanol–water partition coefficient (Wildman–Crippen LogP) is 4.79. The Labute approximate surface area is 199 Å². The van der Waals surface area contributed by atoms with Gasteiger partial charge < -0.3 is 10.0 Å². The van der Waals surface area contributed by atoms with Crippen molar-refractivity contribution in [2.75, 3.05) is 19.6 Å². The monoisotopic (exact) mass is 480 g/mol. The minimum Gasteiger partial charge on any atom is -0.464 e. The minimum atomic E-state index is -1.06. The van der Waals surface area contributed by atoms with Crippen LogP contribution in [0.25, 0.3) is 21.3 Å². The number of carbonyl (C=O) groups excluding carboxylic acids is 1. The van der Waals surface area contributed by atoms with E-state index in [-0.39, 0.29) is 12.5 Å². The first-order valence-corrected chi connectivity index (χ1v) is 11.7. The highest BCUT2D eigenvalue weighted by molar-refractivity contribution is 7.19. The molecule has 0 bridgehead atoms. The van der Waals surface area contributed by atoms with Crippen LogP contribution >= 0.6 is 22.9 Å². The molecule has 9 heteroatoms. The molecular weight excluding hydrogens is 460 g/mol. The lowest BCUT2D eigenvalue weighted by Crippen LogP contribution is -2.49. The van der Waals surface area contributed by atoms with Crippen molar-refractivity contribution < 1.29 is 14.7 Å². The number of rotatable bonds is 5. The Balaban J connectivity index is 1.24. The summed E-state index contributed by atoms with van der Waals surface area (Å²) in [5, 5.41) is 10.4. The molecule has 0 radical (unpaired) electrons. The molecule has 0 saturated carbocycles. The van der Waals surface area contributed by atoms with E-state index in [0.717, 1.165) is 32.3 Å². The molecule has 4 heterocycles. The third-order valence-corrected chi connectivity index (χ3v) is 7.12. The molecule has 1 aliphatic rings. The van der Waals surface area contributed by atoms with E-state index in [1.807, 2.05) is 12.1 Å². The van der Waals surface area contributed by atoms with Gasteiger partial charge in [0.05, 0.1) is 22.9 Å². The average molecular weight is 481 g/mol.